The van der Waals surface area contributed by atoms with E-state index in [-0.39, 0.29) is 5.91 Å². The quantitative estimate of drug-likeness (QED) is 0.803. The molecule has 20 heavy (non-hydrogen) atoms. The Labute approximate surface area is 129 Å². The van der Waals surface area contributed by atoms with Gasteiger partial charge in [-0.3, -0.25) is 9.78 Å². The molecule has 1 amide bonds. The van der Waals surface area contributed by atoms with Crippen LogP contribution in [0.2, 0.25) is 0 Å². The smallest absolute Gasteiger partial charge is 0.259 e. The number of hydrogen-bond acceptors (Lipinski definition) is 4. The highest BCUT2D eigenvalue weighted by Crippen LogP contribution is 2.36. The fourth-order valence-electron chi connectivity index (χ4n) is 2.13. The molecule has 0 atom stereocenters. The third kappa shape index (κ3) is 2.53. The van der Waals surface area contributed by atoms with Gasteiger partial charge in [-0.05, 0) is 40.2 Å². The van der Waals surface area contributed by atoms with Crippen LogP contribution < -0.4 is 10.6 Å². The van der Waals surface area contributed by atoms with E-state index in [1.54, 1.807) is 35.1 Å². The Morgan fingerprint density at radius 2 is 2.20 bits per heavy atom. The average Bonchev–Trinajstić information content (AvgIpc) is 2.46. The number of fused-ring (bicyclic) bond motifs is 1. The molecule has 1 aliphatic rings. The van der Waals surface area contributed by atoms with E-state index in [0.717, 1.165) is 20.8 Å². The van der Waals surface area contributed by atoms with E-state index in [1.807, 2.05) is 18.2 Å². The highest BCUT2D eigenvalue weighted by atomic mass is 79.9. The first-order valence-corrected chi connectivity index (χ1v) is 7.88. The predicted molar refractivity (Wildman–Crippen MR) is 85.2 cm³/mol. The molecule has 0 radical (unpaired) electrons. The molecular formula is C14H12BrN3OS. The molecule has 4 nitrogen and oxygen atoms in total. The van der Waals surface area contributed by atoms with Crippen LogP contribution in [0.25, 0.3) is 0 Å². The zero-order chi connectivity index (χ0) is 14.1. The number of carbonyl (C=O) groups is 1. The SMILES string of the molecule is Nc1ccc2c(c1)N(C(=O)c1cncc(Br)c1)CCS2. The zero-order valence-electron chi connectivity index (χ0n) is 10.5. The van der Waals surface area contributed by atoms with Gasteiger partial charge in [0.15, 0.2) is 0 Å². The van der Waals surface area contributed by atoms with Gasteiger partial charge in [-0.1, -0.05) is 0 Å². The predicted octanol–water partition coefficient (Wildman–Crippen LogP) is 3.18. The number of aromatic nitrogens is 1. The molecule has 0 aliphatic carbocycles. The number of nitrogens with two attached hydrogens (primary N) is 1. The number of rotatable bonds is 1. The van der Waals surface area contributed by atoms with Gasteiger partial charge < -0.3 is 10.6 Å². The third-order valence-corrected chi connectivity index (χ3v) is 4.52. The van der Waals surface area contributed by atoms with Crippen molar-refractivity contribution >= 4 is 45.0 Å². The number of anilines is 2. The lowest BCUT2D eigenvalue weighted by atomic mass is 10.2. The van der Waals surface area contributed by atoms with Gasteiger partial charge in [0.2, 0.25) is 0 Å². The van der Waals surface area contributed by atoms with Gasteiger partial charge in [0.25, 0.3) is 5.91 Å². The molecule has 0 spiro atoms. The van der Waals surface area contributed by atoms with Crippen molar-refractivity contribution in [3.63, 3.8) is 0 Å². The summed E-state index contributed by atoms with van der Waals surface area (Å²) in [6, 6.07) is 7.46. The number of thioether (sulfide) groups is 1. The van der Waals surface area contributed by atoms with Crippen molar-refractivity contribution in [1.29, 1.82) is 0 Å². The maximum Gasteiger partial charge on any atom is 0.259 e. The maximum absolute atomic E-state index is 12.6. The first-order valence-electron chi connectivity index (χ1n) is 6.10. The van der Waals surface area contributed by atoms with Crippen molar-refractivity contribution in [1.82, 2.24) is 4.98 Å². The lowest BCUT2D eigenvalue weighted by Crippen LogP contribution is -2.35. The Bertz CT molecular complexity index is 677. The van der Waals surface area contributed by atoms with Crippen molar-refractivity contribution in [2.45, 2.75) is 4.90 Å². The Morgan fingerprint density at radius 3 is 3.00 bits per heavy atom. The highest BCUT2D eigenvalue weighted by Gasteiger charge is 2.24. The molecule has 0 unspecified atom stereocenters. The van der Waals surface area contributed by atoms with Crippen LogP contribution in [0.15, 0.2) is 46.0 Å². The van der Waals surface area contributed by atoms with Crippen LogP contribution >= 0.6 is 27.7 Å². The number of pyridine rings is 1. The van der Waals surface area contributed by atoms with E-state index in [0.29, 0.717) is 17.8 Å². The summed E-state index contributed by atoms with van der Waals surface area (Å²) in [5.74, 6) is 0.829. The molecule has 1 aliphatic heterocycles. The van der Waals surface area contributed by atoms with Crippen LogP contribution in [0.5, 0.6) is 0 Å². The van der Waals surface area contributed by atoms with Gasteiger partial charge >= 0.3 is 0 Å². The molecule has 0 saturated carbocycles. The van der Waals surface area contributed by atoms with E-state index in [4.69, 9.17) is 5.73 Å². The van der Waals surface area contributed by atoms with Crippen LogP contribution in [-0.2, 0) is 0 Å². The first kappa shape index (κ1) is 13.5. The second kappa shape index (κ2) is 5.46. The summed E-state index contributed by atoms with van der Waals surface area (Å²) in [6.45, 7) is 0.673. The van der Waals surface area contributed by atoms with Crippen LogP contribution in [0.3, 0.4) is 0 Å². The molecule has 0 fully saturated rings. The van der Waals surface area contributed by atoms with Gasteiger partial charge in [-0.2, -0.15) is 0 Å². The normalized spacial score (nSPS) is 13.9. The number of nitrogens with zero attached hydrogens (tertiary/aromatic N) is 2. The molecule has 1 aromatic carbocycles. The monoisotopic (exact) mass is 349 g/mol. The van der Waals surface area contributed by atoms with Crippen molar-refractivity contribution in [3.8, 4) is 0 Å². The first-order chi connectivity index (χ1) is 9.65. The Balaban J connectivity index is 2.00. The fourth-order valence-corrected chi connectivity index (χ4v) is 3.47. The molecule has 6 heteroatoms. The molecule has 0 saturated heterocycles. The van der Waals surface area contributed by atoms with Crippen molar-refractivity contribution in [2.24, 2.45) is 0 Å². The van der Waals surface area contributed by atoms with Gasteiger partial charge in [-0.25, -0.2) is 0 Å². The Morgan fingerprint density at radius 1 is 1.35 bits per heavy atom. The van der Waals surface area contributed by atoms with Crippen LogP contribution in [0.1, 0.15) is 10.4 Å². The summed E-state index contributed by atoms with van der Waals surface area (Å²) in [5.41, 5.74) is 7.95. The molecule has 2 N–H and O–H groups in total. The lowest BCUT2D eigenvalue weighted by molar-refractivity contribution is 0.0987. The molecule has 2 heterocycles. The second-order valence-corrected chi connectivity index (χ2v) is 6.48. The highest BCUT2D eigenvalue weighted by molar-refractivity contribution is 9.10. The Kier molecular flexibility index (Phi) is 3.67. The Hall–Kier alpha value is -1.53. The zero-order valence-corrected chi connectivity index (χ0v) is 12.9. The summed E-state index contributed by atoms with van der Waals surface area (Å²) in [7, 11) is 0. The number of nitrogen functional groups attached to an aromatic ring is 1. The fraction of sp³-hybridized carbons (Fsp3) is 0.143. The molecule has 2 aromatic rings. The van der Waals surface area contributed by atoms with E-state index in [2.05, 4.69) is 20.9 Å². The van der Waals surface area contributed by atoms with Crippen LogP contribution in [0.4, 0.5) is 11.4 Å². The lowest BCUT2D eigenvalue weighted by Gasteiger charge is -2.29. The topological polar surface area (TPSA) is 59.2 Å². The third-order valence-electron chi connectivity index (χ3n) is 3.04. The summed E-state index contributed by atoms with van der Waals surface area (Å²) in [4.78, 5) is 19.5. The average molecular weight is 350 g/mol. The number of benzene rings is 1. The minimum absolute atomic E-state index is 0.0500. The largest absolute Gasteiger partial charge is 0.399 e. The van der Waals surface area contributed by atoms with Gasteiger partial charge in [0.1, 0.15) is 0 Å². The van der Waals surface area contributed by atoms with Crippen molar-refractivity contribution < 1.29 is 4.79 Å². The molecule has 102 valence electrons. The number of halogens is 1. The summed E-state index contributed by atoms with van der Waals surface area (Å²) in [5, 5.41) is 0. The van der Waals surface area contributed by atoms with Gasteiger partial charge in [0, 0.05) is 39.7 Å². The maximum atomic E-state index is 12.6. The molecule has 1 aromatic heterocycles. The summed E-state index contributed by atoms with van der Waals surface area (Å²) in [6.07, 6.45) is 3.25. The molecule has 3 rings (SSSR count). The summed E-state index contributed by atoms with van der Waals surface area (Å²) < 4.78 is 0.794. The van der Waals surface area contributed by atoms with Gasteiger partial charge in [0.05, 0.1) is 11.3 Å². The second-order valence-electron chi connectivity index (χ2n) is 4.42. The summed E-state index contributed by atoms with van der Waals surface area (Å²) >= 11 is 5.08. The van der Waals surface area contributed by atoms with Crippen LogP contribution in [-0.4, -0.2) is 23.2 Å². The minimum atomic E-state index is -0.0500. The van der Waals surface area contributed by atoms with Crippen molar-refractivity contribution in [2.75, 3.05) is 22.9 Å². The van der Waals surface area contributed by atoms with E-state index >= 15 is 0 Å². The van der Waals surface area contributed by atoms with E-state index in [1.165, 1.54) is 0 Å². The van der Waals surface area contributed by atoms with E-state index < -0.39 is 0 Å². The minimum Gasteiger partial charge on any atom is -0.399 e. The van der Waals surface area contributed by atoms with Gasteiger partial charge in [-0.15, -0.1) is 11.8 Å². The molecule has 0 bridgehead atoms. The number of amides is 1. The molecular weight excluding hydrogens is 338 g/mol. The number of carbonyl (C=O) groups excluding carboxylic acids is 1. The number of hydrogen-bond donors (Lipinski definition) is 1. The van der Waals surface area contributed by atoms with Crippen LogP contribution in [0, 0.1) is 0 Å². The van der Waals surface area contributed by atoms with E-state index in [9.17, 15) is 4.79 Å². The van der Waals surface area contributed by atoms with Crippen molar-refractivity contribution in [3.05, 3.63) is 46.7 Å². The standard InChI is InChI=1S/C14H12BrN3OS/c15-10-5-9(7-17-8-10)14(19)18-3-4-20-13-2-1-11(16)6-12(13)18/h1-2,5-8H,3-4,16H2.